The van der Waals surface area contributed by atoms with Gasteiger partial charge in [0.15, 0.2) is 0 Å². The fraction of sp³-hybridized carbons (Fsp3) is 1.00. The van der Waals surface area contributed by atoms with Crippen molar-refractivity contribution in [3.8, 4) is 0 Å². The van der Waals surface area contributed by atoms with Gasteiger partial charge in [-0.1, -0.05) is 0 Å². The molecule has 0 atom stereocenters. The van der Waals surface area contributed by atoms with Crippen LogP contribution in [-0.2, 0) is 0 Å². The summed E-state index contributed by atoms with van der Waals surface area (Å²) in [6.07, 6.45) is 5.96. The van der Waals surface area contributed by atoms with E-state index in [1.165, 1.54) is 42.3 Å². The van der Waals surface area contributed by atoms with E-state index < -0.39 is 0 Å². The van der Waals surface area contributed by atoms with Crippen molar-refractivity contribution in [1.29, 1.82) is 0 Å². The molecule has 16 heavy (non-hydrogen) atoms. The number of hydrogen-bond donors (Lipinski definition) is 0. The molecule has 0 bridgehead atoms. The van der Waals surface area contributed by atoms with Crippen LogP contribution in [0.25, 0.3) is 0 Å². The first-order chi connectivity index (χ1) is 8.00. The molecule has 0 saturated carbocycles. The molecule has 1 heterocycles. The molecule has 4 heteroatoms. The van der Waals surface area contributed by atoms with E-state index in [2.05, 4.69) is 23.5 Å². The predicted molar refractivity (Wildman–Crippen MR) is 83.9 cm³/mol. The van der Waals surface area contributed by atoms with Gasteiger partial charge in [0.25, 0.3) is 0 Å². The standard InChI is InChI=1S/C12H24S2Se2/c1-5-13-7-2-9-15-11-4-12-16-10-3-8-14-6-1/h1-12H2. The van der Waals surface area contributed by atoms with Crippen LogP contribution in [-0.4, -0.2) is 52.9 Å². The molecule has 96 valence electrons. The van der Waals surface area contributed by atoms with Crippen LogP contribution in [0.3, 0.4) is 0 Å². The molecule has 0 aromatic heterocycles. The third-order valence-corrected chi connectivity index (χ3v) is 9.46. The van der Waals surface area contributed by atoms with Crippen molar-refractivity contribution in [2.24, 2.45) is 0 Å². The average Bonchev–Trinajstić information content (AvgIpc) is 2.29. The molecule has 1 aliphatic rings. The molecule has 0 amide bonds. The van der Waals surface area contributed by atoms with Gasteiger partial charge in [-0.25, -0.2) is 0 Å². The van der Waals surface area contributed by atoms with E-state index in [4.69, 9.17) is 0 Å². The van der Waals surface area contributed by atoms with E-state index in [0.29, 0.717) is 0 Å². The number of hydrogen-bond acceptors (Lipinski definition) is 2. The summed E-state index contributed by atoms with van der Waals surface area (Å²) in [5, 5.41) is 6.21. The van der Waals surface area contributed by atoms with E-state index in [1.54, 1.807) is 27.7 Å². The molecule has 0 N–H and O–H groups in total. The summed E-state index contributed by atoms with van der Waals surface area (Å²) >= 11 is 6.33. The van der Waals surface area contributed by atoms with E-state index in [1.807, 2.05) is 0 Å². The Balaban J connectivity index is 2.00. The molecule has 1 aliphatic heterocycles. The van der Waals surface area contributed by atoms with Crippen molar-refractivity contribution in [2.75, 3.05) is 23.0 Å². The van der Waals surface area contributed by atoms with Crippen LogP contribution >= 0.6 is 23.5 Å². The molecular formula is C12H24S2Se2. The zero-order chi connectivity index (χ0) is 11.3. The topological polar surface area (TPSA) is 0 Å². The third kappa shape index (κ3) is 10.9. The van der Waals surface area contributed by atoms with E-state index in [0.717, 1.165) is 29.9 Å². The average molecular weight is 390 g/mol. The Bertz CT molecular complexity index is 81.0. The van der Waals surface area contributed by atoms with Crippen LogP contribution < -0.4 is 0 Å². The number of thioether (sulfide) groups is 2. The minimum atomic E-state index is 0.976. The second kappa shape index (κ2) is 13.2. The fourth-order valence-electron chi connectivity index (χ4n) is 1.46. The Morgan fingerprint density at radius 2 is 0.938 bits per heavy atom. The summed E-state index contributed by atoms with van der Waals surface area (Å²) in [5.41, 5.74) is 0. The molecule has 0 aromatic rings. The normalized spacial score (nSPS) is 24.0. The number of rotatable bonds is 0. The third-order valence-electron chi connectivity index (χ3n) is 2.31. The Kier molecular flexibility index (Phi) is 13.0. The van der Waals surface area contributed by atoms with Crippen LogP contribution in [0.1, 0.15) is 25.7 Å². The Hall–Kier alpha value is 1.74. The van der Waals surface area contributed by atoms with Gasteiger partial charge < -0.3 is 0 Å². The van der Waals surface area contributed by atoms with Gasteiger partial charge in [0, 0.05) is 0 Å². The van der Waals surface area contributed by atoms with Crippen LogP contribution in [0.2, 0.25) is 21.3 Å². The van der Waals surface area contributed by atoms with Crippen molar-refractivity contribution in [2.45, 2.75) is 47.0 Å². The van der Waals surface area contributed by atoms with Gasteiger partial charge in [-0.3, -0.25) is 0 Å². The van der Waals surface area contributed by atoms with Gasteiger partial charge in [0.05, 0.1) is 0 Å². The molecule has 0 unspecified atom stereocenters. The van der Waals surface area contributed by atoms with Gasteiger partial charge in [0.1, 0.15) is 0 Å². The quantitative estimate of drug-likeness (QED) is 0.571. The Morgan fingerprint density at radius 3 is 1.50 bits per heavy atom. The summed E-state index contributed by atoms with van der Waals surface area (Å²) < 4.78 is 0. The zero-order valence-electron chi connectivity index (χ0n) is 10.1. The van der Waals surface area contributed by atoms with Gasteiger partial charge in [-0.05, 0) is 0 Å². The summed E-state index contributed by atoms with van der Waals surface area (Å²) in [4.78, 5) is 0. The van der Waals surface area contributed by atoms with Crippen molar-refractivity contribution in [3.63, 3.8) is 0 Å². The first-order valence-electron chi connectivity index (χ1n) is 6.31. The maximum atomic E-state index is 2.19. The van der Waals surface area contributed by atoms with Gasteiger partial charge >= 0.3 is 123 Å². The molecule has 0 aliphatic carbocycles. The summed E-state index contributed by atoms with van der Waals surface area (Å²) in [6.45, 7) is 0. The van der Waals surface area contributed by atoms with E-state index >= 15 is 0 Å². The molecule has 0 spiro atoms. The van der Waals surface area contributed by atoms with Gasteiger partial charge in [-0.2, -0.15) is 0 Å². The Labute approximate surface area is 123 Å². The fourth-order valence-corrected chi connectivity index (χ4v) is 8.98. The van der Waals surface area contributed by atoms with Crippen molar-refractivity contribution in [1.82, 2.24) is 0 Å². The summed E-state index contributed by atoms with van der Waals surface area (Å²) in [5.74, 6) is 5.67. The first-order valence-corrected chi connectivity index (χ1v) is 13.5. The van der Waals surface area contributed by atoms with Gasteiger partial charge in [-0.15, -0.1) is 0 Å². The first kappa shape index (κ1) is 15.8. The van der Waals surface area contributed by atoms with E-state index in [9.17, 15) is 0 Å². The summed E-state index contributed by atoms with van der Waals surface area (Å²) in [7, 11) is 0. The molecule has 0 radical (unpaired) electrons. The minimum absolute atomic E-state index is 0.976. The second-order valence-electron chi connectivity index (χ2n) is 3.86. The van der Waals surface area contributed by atoms with Crippen LogP contribution in [0.15, 0.2) is 0 Å². The van der Waals surface area contributed by atoms with Crippen molar-refractivity contribution in [3.05, 3.63) is 0 Å². The molecule has 1 rings (SSSR count). The van der Waals surface area contributed by atoms with Crippen molar-refractivity contribution >= 4 is 53.4 Å². The second-order valence-corrected chi connectivity index (χ2v) is 11.5. The zero-order valence-corrected chi connectivity index (χ0v) is 15.2. The van der Waals surface area contributed by atoms with E-state index in [-0.39, 0.29) is 0 Å². The van der Waals surface area contributed by atoms with Crippen LogP contribution in [0.5, 0.6) is 0 Å². The summed E-state index contributed by atoms with van der Waals surface area (Å²) in [6, 6.07) is 0. The Morgan fingerprint density at radius 1 is 0.500 bits per heavy atom. The molecule has 0 aromatic carbocycles. The van der Waals surface area contributed by atoms with Crippen LogP contribution in [0, 0.1) is 0 Å². The van der Waals surface area contributed by atoms with Crippen LogP contribution in [0.4, 0.5) is 0 Å². The molecule has 1 fully saturated rings. The maximum absolute atomic E-state index is 2.19. The van der Waals surface area contributed by atoms with Crippen molar-refractivity contribution < 1.29 is 0 Å². The molecule has 0 nitrogen and oxygen atoms in total. The molecular weight excluding hydrogens is 366 g/mol. The predicted octanol–water partition coefficient (Wildman–Crippen LogP) is 4.11. The SMILES string of the molecule is C1CSCCC[Se]CCC[Se]CCCSC1. The monoisotopic (exact) mass is 392 g/mol. The van der Waals surface area contributed by atoms with Gasteiger partial charge in [0.2, 0.25) is 0 Å². The molecule has 1 saturated heterocycles.